The molecule has 3 rings (SSSR count). The third-order valence-corrected chi connectivity index (χ3v) is 6.06. The van der Waals surface area contributed by atoms with E-state index in [-0.39, 0.29) is 5.03 Å². The van der Waals surface area contributed by atoms with Gasteiger partial charge in [-0.1, -0.05) is 0 Å². The van der Waals surface area contributed by atoms with Gasteiger partial charge in [-0.3, -0.25) is 0 Å². The molecule has 1 aromatic heterocycles. The van der Waals surface area contributed by atoms with E-state index >= 15 is 0 Å². The molecule has 6 heteroatoms. The van der Waals surface area contributed by atoms with Crippen LogP contribution < -0.4 is 10.2 Å². The summed E-state index contributed by atoms with van der Waals surface area (Å²) in [4.78, 5) is 6.43. The number of rotatable bonds is 3. The zero-order valence-electron chi connectivity index (χ0n) is 13.2. The molecule has 1 N–H and O–H groups in total. The molecule has 0 aromatic carbocycles. The van der Waals surface area contributed by atoms with Crippen molar-refractivity contribution < 1.29 is 8.42 Å². The SMILES string of the molecule is CS(=O)(=O)c1ccc(N2CCC(C3CCNCC3)CC2)cn1. The summed E-state index contributed by atoms with van der Waals surface area (Å²) in [7, 11) is -3.21. The average Bonchev–Trinajstić information content (AvgIpc) is 2.55. The molecule has 0 radical (unpaired) electrons. The topological polar surface area (TPSA) is 62.3 Å². The minimum atomic E-state index is -3.21. The second-order valence-corrected chi connectivity index (χ2v) is 8.50. The second kappa shape index (κ2) is 6.54. The standard InChI is InChI=1S/C16H25N3O2S/c1-22(20,21)16-3-2-15(12-18-16)19-10-6-14(7-11-19)13-4-8-17-9-5-13/h2-3,12-14,17H,4-11H2,1H3. The smallest absolute Gasteiger partial charge is 0.192 e. The minimum absolute atomic E-state index is 0.154. The van der Waals surface area contributed by atoms with Crippen molar-refractivity contribution in [3.05, 3.63) is 18.3 Å². The van der Waals surface area contributed by atoms with Crippen molar-refractivity contribution in [1.82, 2.24) is 10.3 Å². The van der Waals surface area contributed by atoms with Crippen molar-refractivity contribution in [2.45, 2.75) is 30.7 Å². The van der Waals surface area contributed by atoms with Crippen LogP contribution in [0.15, 0.2) is 23.4 Å². The van der Waals surface area contributed by atoms with E-state index in [1.54, 1.807) is 12.3 Å². The number of aromatic nitrogens is 1. The van der Waals surface area contributed by atoms with Gasteiger partial charge in [-0.2, -0.15) is 0 Å². The molecular formula is C16H25N3O2S. The molecule has 22 heavy (non-hydrogen) atoms. The van der Waals surface area contributed by atoms with Gasteiger partial charge in [-0.05, 0) is 62.7 Å². The maximum Gasteiger partial charge on any atom is 0.192 e. The molecule has 0 aliphatic carbocycles. The van der Waals surface area contributed by atoms with Crippen molar-refractivity contribution in [2.24, 2.45) is 11.8 Å². The van der Waals surface area contributed by atoms with Gasteiger partial charge in [0.25, 0.3) is 0 Å². The van der Waals surface area contributed by atoms with Crippen LogP contribution in [0.2, 0.25) is 0 Å². The molecule has 5 nitrogen and oxygen atoms in total. The van der Waals surface area contributed by atoms with E-state index in [2.05, 4.69) is 15.2 Å². The Morgan fingerprint density at radius 3 is 2.27 bits per heavy atom. The van der Waals surface area contributed by atoms with Crippen LogP contribution in [0.1, 0.15) is 25.7 Å². The van der Waals surface area contributed by atoms with Crippen LogP contribution in [0.25, 0.3) is 0 Å². The van der Waals surface area contributed by atoms with Gasteiger partial charge in [0, 0.05) is 19.3 Å². The number of anilines is 1. The van der Waals surface area contributed by atoms with Crippen LogP contribution in [0.5, 0.6) is 0 Å². The van der Waals surface area contributed by atoms with Crippen LogP contribution in [-0.4, -0.2) is 45.8 Å². The normalized spacial score (nSPS) is 22.0. The van der Waals surface area contributed by atoms with Gasteiger partial charge in [0.05, 0.1) is 11.9 Å². The highest BCUT2D eigenvalue weighted by Gasteiger charge is 2.27. The molecule has 2 saturated heterocycles. The van der Waals surface area contributed by atoms with Crippen molar-refractivity contribution in [1.29, 1.82) is 0 Å². The van der Waals surface area contributed by atoms with E-state index in [1.165, 1.54) is 45.0 Å². The molecule has 0 spiro atoms. The summed E-state index contributed by atoms with van der Waals surface area (Å²) in [6.45, 7) is 4.44. The number of sulfone groups is 1. The number of hydrogen-bond donors (Lipinski definition) is 1. The van der Waals surface area contributed by atoms with Crippen molar-refractivity contribution in [3.8, 4) is 0 Å². The molecule has 0 unspecified atom stereocenters. The first-order chi connectivity index (χ1) is 10.5. The summed E-state index contributed by atoms with van der Waals surface area (Å²) in [6.07, 6.45) is 7.99. The largest absolute Gasteiger partial charge is 0.370 e. The maximum atomic E-state index is 11.5. The summed E-state index contributed by atoms with van der Waals surface area (Å²) in [5.74, 6) is 1.73. The lowest BCUT2D eigenvalue weighted by atomic mass is 9.79. The highest BCUT2D eigenvalue weighted by atomic mass is 32.2. The highest BCUT2D eigenvalue weighted by Crippen LogP contribution is 2.32. The molecule has 3 heterocycles. The zero-order chi connectivity index (χ0) is 15.6. The van der Waals surface area contributed by atoms with Gasteiger partial charge in [0.1, 0.15) is 0 Å². The Morgan fingerprint density at radius 2 is 1.73 bits per heavy atom. The summed E-state index contributed by atoms with van der Waals surface area (Å²) < 4.78 is 22.9. The van der Waals surface area contributed by atoms with E-state index in [4.69, 9.17) is 0 Å². The lowest BCUT2D eigenvalue weighted by Gasteiger charge is -2.38. The fourth-order valence-electron chi connectivity index (χ4n) is 3.72. The zero-order valence-corrected chi connectivity index (χ0v) is 14.0. The van der Waals surface area contributed by atoms with Crippen LogP contribution in [0.3, 0.4) is 0 Å². The quantitative estimate of drug-likeness (QED) is 0.917. The van der Waals surface area contributed by atoms with Gasteiger partial charge in [0.2, 0.25) is 0 Å². The third-order valence-electron chi connectivity index (χ3n) is 5.06. The van der Waals surface area contributed by atoms with Crippen LogP contribution in [-0.2, 0) is 9.84 Å². The number of nitrogens with zero attached hydrogens (tertiary/aromatic N) is 2. The van der Waals surface area contributed by atoms with Crippen molar-refractivity contribution in [3.63, 3.8) is 0 Å². The monoisotopic (exact) mass is 323 g/mol. The summed E-state index contributed by atoms with van der Waals surface area (Å²) in [5, 5.41) is 3.59. The molecule has 0 bridgehead atoms. The third kappa shape index (κ3) is 3.60. The van der Waals surface area contributed by atoms with Gasteiger partial charge in [-0.25, -0.2) is 13.4 Å². The Morgan fingerprint density at radius 1 is 1.09 bits per heavy atom. The summed E-state index contributed by atoms with van der Waals surface area (Å²) >= 11 is 0. The minimum Gasteiger partial charge on any atom is -0.370 e. The summed E-state index contributed by atoms with van der Waals surface area (Å²) in [5.41, 5.74) is 1.04. The van der Waals surface area contributed by atoms with Crippen molar-refractivity contribution >= 4 is 15.5 Å². The fourth-order valence-corrected chi connectivity index (χ4v) is 4.28. The second-order valence-electron chi connectivity index (χ2n) is 6.54. The number of pyridine rings is 1. The lowest BCUT2D eigenvalue weighted by Crippen LogP contribution is -2.39. The van der Waals surface area contributed by atoms with E-state index in [0.29, 0.717) is 0 Å². The molecule has 1 aromatic rings. The number of nitrogens with one attached hydrogen (secondary N) is 1. The Labute approximate surface area is 133 Å². The lowest BCUT2D eigenvalue weighted by molar-refractivity contribution is 0.222. The molecular weight excluding hydrogens is 298 g/mol. The number of hydrogen-bond acceptors (Lipinski definition) is 5. The van der Waals surface area contributed by atoms with Crippen molar-refractivity contribution in [2.75, 3.05) is 37.3 Å². The molecule has 122 valence electrons. The molecule has 0 amide bonds. The molecule has 2 aliphatic rings. The van der Waals surface area contributed by atoms with Crippen LogP contribution in [0, 0.1) is 11.8 Å². The van der Waals surface area contributed by atoms with E-state index in [1.807, 2.05) is 6.07 Å². The van der Waals surface area contributed by atoms with Crippen LogP contribution in [0.4, 0.5) is 5.69 Å². The van der Waals surface area contributed by atoms with E-state index in [0.717, 1.165) is 30.6 Å². The van der Waals surface area contributed by atoms with Crippen LogP contribution >= 0.6 is 0 Å². The Bertz CT molecular complexity index is 586. The highest BCUT2D eigenvalue weighted by molar-refractivity contribution is 7.90. The van der Waals surface area contributed by atoms with Gasteiger partial charge in [-0.15, -0.1) is 0 Å². The maximum absolute atomic E-state index is 11.5. The van der Waals surface area contributed by atoms with Gasteiger partial charge in [0.15, 0.2) is 14.9 Å². The Hall–Kier alpha value is -1.14. The fraction of sp³-hybridized carbons (Fsp3) is 0.688. The predicted octanol–water partition coefficient (Wildman–Crippen LogP) is 1.70. The van der Waals surface area contributed by atoms with E-state index in [9.17, 15) is 8.42 Å². The molecule has 2 aliphatic heterocycles. The first kappa shape index (κ1) is 15.7. The first-order valence-electron chi connectivity index (χ1n) is 8.16. The first-order valence-corrected chi connectivity index (χ1v) is 10.0. The molecule has 0 saturated carbocycles. The molecule has 2 fully saturated rings. The Kier molecular flexibility index (Phi) is 4.68. The number of piperidine rings is 2. The molecule has 0 atom stereocenters. The van der Waals surface area contributed by atoms with Gasteiger partial charge >= 0.3 is 0 Å². The van der Waals surface area contributed by atoms with E-state index < -0.39 is 9.84 Å². The van der Waals surface area contributed by atoms with Gasteiger partial charge < -0.3 is 10.2 Å². The summed E-state index contributed by atoms with van der Waals surface area (Å²) in [6, 6.07) is 3.50. The predicted molar refractivity (Wildman–Crippen MR) is 87.9 cm³/mol. The average molecular weight is 323 g/mol. The Balaban J connectivity index is 1.59.